The van der Waals surface area contributed by atoms with E-state index in [0.29, 0.717) is 11.8 Å². The Hall–Kier alpha value is -1.17. The van der Waals surface area contributed by atoms with Gasteiger partial charge >= 0.3 is 39.3 Å². The molecule has 2 aromatic rings. The summed E-state index contributed by atoms with van der Waals surface area (Å²) in [6, 6.07) is 16.6. The van der Waals surface area contributed by atoms with Crippen LogP contribution in [0, 0.1) is 11.8 Å². The number of hydrogen-bond acceptors (Lipinski definition) is 4. The summed E-state index contributed by atoms with van der Waals surface area (Å²) in [5, 5.41) is 0. The molecule has 2 atom stereocenters. The van der Waals surface area contributed by atoms with Crippen molar-refractivity contribution in [3.8, 4) is 11.1 Å². The molecule has 0 aliphatic carbocycles. The molecule has 4 rings (SSSR count). The van der Waals surface area contributed by atoms with Crippen LogP contribution in [0.2, 0.25) is 0 Å². The van der Waals surface area contributed by atoms with Gasteiger partial charge in [-0.2, -0.15) is 0 Å². The zero-order valence-electron chi connectivity index (χ0n) is 18.1. The molecule has 0 saturated carbocycles. The summed E-state index contributed by atoms with van der Waals surface area (Å²) in [5.41, 5.74) is 4.25. The summed E-state index contributed by atoms with van der Waals surface area (Å²) in [6.45, 7) is 10.1. The molecule has 0 saturated heterocycles. The van der Waals surface area contributed by atoms with Crippen LogP contribution in [0.4, 0.5) is 0 Å². The zero-order valence-corrected chi connectivity index (χ0v) is 22.3. The number of hydrogen-bond donors (Lipinski definition) is 0. The quantitative estimate of drug-likeness (QED) is 0.364. The van der Waals surface area contributed by atoms with Crippen molar-refractivity contribution >= 4 is 40.2 Å². The molecular weight excluding hydrogens is 567 g/mol. The molecule has 170 valence electrons. The van der Waals surface area contributed by atoms with Gasteiger partial charge in [0.05, 0.1) is 13.1 Å². The van der Waals surface area contributed by atoms with Crippen molar-refractivity contribution in [1.29, 1.82) is 0 Å². The van der Waals surface area contributed by atoms with E-state index in [1.54, 1.807) is 0 Å². The van der Waals surface area contributed by atoms with Gasteiger partial charge in [0, 0.05) is 11.1 Å². The topological polar surface area (TPSA) is 43.2 Å². The molecular formula is C24H28Br2N2NiO2. The van der Waals surface area contributed by atoms with Crippen molar-refractivity contribution in [2.24, 2.45) is 21.8 Å². The van der Waals surface area contributed by atoms with E-state index in [1.165, 1.54) is 10.9 Å². The number of nitrogens with zero attached hydrogens (tertiary/aromatic N) is 2. The van der Waals surface area contributed by atoms with E-state index in [-0.39, 0.29) is 12.2 Å². The Bertz CT molecular complexity index is 871. The number of rotatable bonds is 5. The first kappa shape index (κ1) is 24.5. The van der Waals surface area contributed by atoms with Crippen LogP contribution in [0.1, 0.15) is 38.8 Å². The predicted molar refractivity (Wildman–Crippen MR) is 132 cm³/mol. The average Bonchev–Trinajstić information content (AvgIpc) is 3.45. The first-order chi connectivity index (χ1) is 15.0. The predicted octanol–water partition coefficient (Wildman–Crippen LogP) is 6.65. The number of benzene rings is 2. The van der Waals surface area contributed by atoms with Gasteiger partial charge in [0.1, 0.15) is 12.2 Å². The summed E-state index contributed by atoms with van der Waals surface area (Å²) in [7, 11) is 1.25. The van der Waals surface area contributed by atoms with Crippen LogP contribution in [0.15, 0.2) is 58.5 Å². The Balaban J connectivity index is 0.000000858. The molecule has 0 N–H and O–H groups in total. The standard InChI is InChI=1S/C24H28N2O2.2BrH.Ni/c1-15(2)21-13-25-23(27-21)19-11-7-5-9-17(19)18-10-6-8-12-20(18)24-26-14-22(28-24)16(3)4;;;/h5-12,15-16,21-22H,13-14H2,1-4H3;2*1H;/q;;;+2/p-2. The summed E-state index contributed by atoms with van der Waals surface area (Å²) in [5.74, 6) is 2.35. The van der Waals surface area contributed by atoms with Gasteiger partial charge in [0.2, 0.25) is 11.8 Å². The fourth-order valence-electron chi connectivity index (χ4n) is 3.58. The fraction of sp³-hybridized carbons (Fsp3) is 0.417. The van der Waals surface area contributed by atoms with Crippen molar-refractivity contribution in [1.82, 2.24) is 0 Å². The molecule has 31 heavy (non-hydrogen) atoms. The summed E-state index contributed by atoms with van der Waals surface area (Å²) >= 11 is 6.00. The monoisotopic (exact) mass is 592 g/mol. The normalized spacial score (nSPS) is 20.1. The van der Waals surface area contributed by atoms with Gasteiger partial charge in [-0.15, -0.1) is 0 Å². The van der Waals surface area contributed by atoms with Gasteiger partial charge < -0.3 is 9.47 Å². The third kappa shape index (κ3) is 6.00. The van der Waals surface area contributed by atoms with E-state index in [0.717, 1.165) is 47.1 Å². The molecule has 0 bridgehead atoms. The van der Waals surface area contributed by atoms with Crippen molar-refractivity contribution in [3.05, 3.63) is 59.7 Å². The second kappa shape index (κ2) is 11.6. The van der Waals surface area contributed by atoms with Crippen LogP contribution in [0.3, 0.4) is 0 Å². The molecule has 2 unspecified atom stereocenters. The van der Waals surface area contributed by atoms with Gasteiger partial charge in [-0.05, 0) is 35.1 Å². The first-order valence-electron chi connectivity index (χ1n) is 10.4. The van der Waals surface area contributed by atoms with E-state index < -0.39 is 0 Å². The number of halogens is 2. The number of ether oxygens (including phenoxy) is 2. The van der Waals surface area contributed by atoms with Gasteiger partial charge in [-0.3, -0.25) is 0 Å². The Kier molecular flexibility index (Phi) is 9.18. The fourth-order valence-corrected chi connectivity index (χ4v) is 3.58. The Labute approximate surface area is 205 Å². The van der Waals surface area contributed by atoms with E-state index in [2.05, 4.69) is 92.5 Å². The van der Waals surface area contributed by atoms with Crippen LogP contribution in [-0.4, -0.2) is 37.1 Å². The zero-order chi connectivity index (χ0) is 22.4. The van der Waals surface area contributed by atoms with Crippen LogP contribution >= 0.6 is 28.5 Å². The molecule has 0 aromatic heterocycles. The summed E-state index contributed by atoms with van der Waals surface area (Å²) < 4.78 is 12.3. The Morgan fingerprint density at radius 3 is 1.32 bits per heavy atom. The molecule has 0 spiro atoms. The third-order valence-electron chi connectivity index (χ3n) is 5.45. The van der Waals surface area contributed by atoms with E-state index in [9.17, 15) is 0 Å². The van der Waals surface area contributed by atoms with Crippen molar-refractivity contribution in [2.75, 3.05) is 13.1 Å². The van der Waals surface area contributed by atoms with E-state index >= 15 is 0 Å². The van der Waals surface area contributed by atoms with Gasteiger partial charge in [-0.25, -0.2) is 9.98 Å². The molecule has 0 amide bonds. The van der Waals surface area contributed by atoms with Crippen molar-refractivity contribution < 1.29 is 20.4 Å². The van der Waals surface area contributed by atoms with E-state index in [1.807, 2.05) is 12.1 Å². The van der Waals surface area contributed by atoms with Crippen LogP contribution < -0.4 is 0 Å². The van der Waals surface area contributed by atoms with Crippen LogP contribution in [-0.2, 0) is 20.4 Å². The molecule has 4 nitrogen and oxygen atoms in total. The van der Waals surface area contributed by atoms with Crippen LogP contribution in [0.25, 0.3) is 11.1 Å². The minimum atomic E-state index is 0.146. The van der Waals surface area contributed by atoms with Crippen LogP contribution in [0.5, 0.6) is 0 Å². The third-order valence-corrected chi connectivity index (χ3v) is 5.45. The van der Waals surface area contributed by atoms with Gasteiger partial charge in [0.15, 0.2) is 0 Å². The van der Waals surface area contributed by atoms with Gasteiger partial charge in [-0.1, -0.05) is 64.1 Å². The maximum atomic E-state index is 6.17. The maximum absolute atomic E-state index is 6.17. The van der Waals surface area contributed by atoms with Gasteiger partial charge in [0.25, 0.3) is 0 Å². The van der Waals surface area contributed by atoms with Crippen molar-refractivity contribution in [3.63, 3.8) is 0 Å². The summed E-state index contributed by atoms with van der Waals surface area (Å²) in [6.07, 6.45) is 0.292. The molecule has 7 heteroatoms. The molecule has 0 fully saturated rings. The number of aliphatic imine (C=N–C) groups is 2. The minimum absolute atomic E-state index is 0.146. The molecule has 2 aliphatic rings. The van der Waals surface area contributed by atoms with E-state index in [4.69, 9.17) is 19.5 Å². The molecule has 2 aromatic carbocycles. The first-order valence-corrected chi connectivity index (χ1v) is 15.3. The molecule has 2 heterocycles. The molecule has 0 radical (unpaired) electrons. The second-order valence-corrected chi connectivity index (χ2v) is 13.2. The Morgan fingerprint density at radius 1 is 0.710 bits per heavy atom. The summed E-state index contributed by atoms with van der Waals surface area (Å²) in [4.78, 5) is 9.38. The SMILES string of the molecule is CC(C)C1CN=C(c2ccccc2-c2ccccc2C2=NCC(C(C)C)O2)O1.[Br][Ni][Br]. The molecule has 2 aliphatic heterocycles. The van der Waals surface area contributed by atoms with Crippen molar-refractivity contribution in [2.45, 2.75) is 39.9 Å². The Morgan fingerprint density at radius 2 is 1.03 bits per heavy atom. The average molecular weight is 595 g/mol. The second-order valence-electron chi connectivity index (χ2n) is 8.23.